The lowest BCUT2D eigenvalue weighted by molar-refractivity contribution is 0.00451. The van der Waals surface area contributed by atoms with E-state index >= 15 is 0 Å². The minimum absolute atomic E-state index is 0.0298. The van der Waals surface area contributed by atoms with E-state index in [0.717, 1.165) is 0 Å². The van der Waals surface area contributed by atoms with E-state index in [0.29, 0.717) is 0 Å². The van der Waals surface area contributed by atoms with E-state index in [2.05, 4.69) is 4.99 Å². The number of rotatable bonds is 2. The largest absolute Gasteiger partial charge is 0.456 e. The SMILES string of the molecule is C[C@]1(c2ccccc2F)N=C(N)O[C@H](CF)[C@@H]1F. The Bertz CT molecular complexity index is 480. The monoisotopic (exact) mass is 258 g/mol. The Labute approximate surface area is 102 Å². The summed E-state index contributed by atoms with van der Waals surface area (Å²) >= 11 is 0. The smallest absolute Gasteiger partial charge is 0.283 e. The second kappa shape index (κ2) is 4.51. The topological polar surface area (TPSA) is 47.6 Å². The molecule has 6 heteroatoms. The summed E-state index contributed by atoms with van der Waals surface area (Å²) in [5.41, 5.74) is 3.85. The normalized spacial score (nSPS) is 31.7. The van der Waals surface area contributed by atoms with Crippen LogP contribution in [-0.4, -0.2) is 25.0 Å². The number of aliphatic imine (C=N–C) groups is 1. The summed E-state index contributed by atoms with van der Waals surface area (Å²) in [4.78, 5) is 3.82. The third-order valence-corrected chi connectivity index (χ3v) is 3.05. The van der Waals surface area contributed by atoms with Gasteiger partial charge in [0.2, 0.25) is 0 Å². The van der Waals surface area contributed by atoms with Crippen LogP contribution >= 0.6 is 0 Å². The molecular weight excluding hydrogens is 245 g/mol. The highest BCUT2D eigenvalue weighted by Crippen LogP contribution is 2.38. The van der Waals surface area contributed by atoms with E-state index in [4.69, 9.17) is 10.5 Å². The van der Waals surface area contributed by atoms with Crippen LogP contribution in [0, 0.1) is 5.82 Å². The first kappa shape index (κ1) is 12.7. The van der Waals surface area contributed by atoms with Gasteiger partial charge in [-0.25, -0.2) is 18.2 Å². The summed E-state index contributed by atoms with van der Waals surface area (Å²) in [5, 5.41) is 0. The number of alkyl halides is 2. The Balaban J connectivity index is 2.52. The van der Waals surface area contributed by atoms with Crippen molar-refractivity contribution in [3.05, 3.63) is 35.6 Å². The van der Waals surface area contributed by atoms with E-state index in [-0.39, 0.29) is 11.6 Å². The quantitative estimate of drug-likeness (QED) is 0.882. The van der Waals surface area contributed by atoms with Gasteiger partial charge in [-0.1, -0.05) is 18.2 Å². The first-order valence-corrected chi connectivity index (χ1v) is 5.46. The highest BCUT2D eigenvalue weighted by atomic mass is 19.1. The second-order valence-corrected chi connectivity index (χ2v) is 4.29. The molecule has 0 spiro atoms. The van der Waals surface area contributed by atoms with Gasteiger partial charge < -0.3 is 10.5 Å². The zero-order valence-electron chi connectivity index (χ0n) is 9.74. The van der Waals surface area contributed by atoms with Crippen molar-refractivity contribution in [2.75, 3.05) is 6.67 Å². The minimum Gasteiger partial charge on any atom is -0.456 e. The molecule has 1 aromatic rings. The van der Waals surface area contributed by atoms with Gasteiger partial charge in [0.15, 0.2) is 12.3 Å². The van der Waals surface area contributed by atoms with Crippen LogP contribution in [0.3, 0.4) is 0 Å². The van der Waals surface area contributed by atoms with Crippen LogP contribution in [-0.2, 0) is 10.3 Å². The van der Waals surface area contributed by atoms with Crippen LogP contribution in [0.15, 0.2) is 29.3 Å². The van der Waals surface area contributed by atoms with Crippen molar-refractivity contribution in [1.29, 1.82) is 0 Å². The average Bonchev–Trinajstić information content (AvgIpc) is 2.34. The molecule has 0 bridgehead atoms. The van der Waals surface area contributed by atoms with Gasteiger partial charge in [0.05, 0.1) is 0 Å². The molecule has 0 aliphatic carbocycles. The molecule has 18 heavy (non-hydrogen) atoms. The van der Waals surface area contributed by atoms with E-state index in [1.54, 1.807) is 6.07 Å². The highest BCUT2D eigenvalue weighted by Gasteiger charge is 2.47. The third kappa shape index (κ3) is 1.91. The molecule has 0 saturated heterocycles. The standard InChI is InChI=1S/C12H13F3N2O/c1-12(7-4-2-3-5-8(7)14)10(15)9(6-13)18-11(16)17-12/h2-5,9-10H,6H2,1H3,(H2,16,17)/t9-,10+,12-/m1/s1. The van der Waals surface area contributed by atoms with Gasteiger partial charge in [0.1, 0.15) is 18.0 Å². The van der Waals surface area contributed by atoms with Crippen LogP contribution in [0.2, 0.25) is 0 Å². The Morgan fingerprint density at radius 3 is 2.72 bits per heavy atom. The molecule has 1 aliphatic heterocycles. The van der Waals surface area contributed by atoms with Crippen LogP contribution < -0.4 is 5.73 Å². The lowest BCUT2D eigenvalue weighted by atomic mass is 9.84. The lowest BCUT2D eigenvalue weighted by Gasteiger charge is -2.37. The zero-order chi connectivity index (χ0) is 13.3. The molecule has 3 nitrogen and oxygen atoms in total. The summed E-state index contributed by atoms with van der Waals surface area (Å²) in [7, 11) is 0. The van der Waals surface area contributed by atoms with Crippen molar-refractivity contribution >= 4 is 6.02 Å². The predicted octanol–water partition coefficient (Wildman–Crippen LogP) is 2.06. The molecule has 1 aromatic carbocycles. The Hall–Kier alpha value is -1.72. The van der Waals surface area contributed by atoms with Crippen molar-refractivity contribution in [3.8, 4) is 0 Å². The molecular formula is C12H13F3N2O. The summed E-state index contributed by atoms with van der Waals surface area (Å²) in [6, 6.07) is 5.30. The molecule has 2 rings (SSSR count). The van der Waals surface area contributed by atoms with Gasteiger partial charge in [-0.05, 0) is 13.0 Å². The maximum Gasteiger partial charge on any atom is 0.283 e. The molecule has 1 aliphatic rings. The highest BCUT2D eigenvalue weighted by molar-refractivity contribution is 5.73. The van der Waals surface area contributed by atoms with E-state index in [1.165, 1.54) is 25.1 Å². The van der Waals surface area contributed by atoms with Crippen molar-refractivity contribution in [1.82, 2.24) is 0 Å². The lowest BCUT2D eigenvalue weighted by Crippen LogP contribution is -2.50. The fraction of sp³-hybridized carbons (Fsp3) is 0.417. The zero-order valence-corrected chi connectivity index (χ0v) is 9.74. The molecule has 2 N–H and O–H groups in total. The number of halogens is 3. The van der Waals surface area contributed by atoms with Crippen molar-refractivity contribution in [2.45, 2.75) is 24.7 Å². The van der Waals surface area contributed by atoms with E-state index in [9.17, 15) is 13.2 Å². The van der Waals surface area contributed by atoms with Crippen molar-refractivity contribution in [2.24, 2.45) is 10.7 Å². The summed E-state index contributed by atoms with van der Waals surface area (Å²) in [6.07, 6.45) is -3.18. The summed E-state index contributed by atoms with van der Waals surface area (Å²) in [6.45, 7) is 0.315. The van der Waals surface area contributed by atoms with Crippen molar-refractivity contribution < 1.29 is 17.9 Å². The number of nitrogens with zero attached hydrogens (tertiary/aromatic N) is 1. The number of nitrogens with two attached hydrogens (primary N) is 1. The van der Waals surface area contributed by atoms with Gasteiger partial charge in [-0.15, -0.1) is 0 Å². The first-order chi connectivity index (χ1) is 8.49. The molecule has 0 radical (unpaired) electrons. The first-order valence-electron chi connectivity index (χ1n) is 5.46. The van der Waals surface area contributed by atoms with Gasteiger partial charge in [0, 0.05) is 5.56 Å². The molecule has 1 heterocycles. The number of ether oxygens (including phenoxy) is 1. The van der Waals surface area contributed by atoms with Crippen LogP contribution in [0.5, 0.6) is 0 Å². The summed E-state index contributed by atoms with van der Waals surface area (Å²) < 4.78 is 45.4. The molecule has 0 fully saturated rings. The minimum atomic E-state index is -1.81. The predicted molar refractivity (Wildman–Crippen MR) is 61.1 cm³/mol. The maximum atomic E-state index is 14.2. The number of hydrogen-bond acceptors (Lipinski definition) is 3. The van der Waals surface area contributed by atoms with E-state index < -0.39 is 30.3 Å². The Morgan fingerprint density at radius 2 is 2.11 bits per heavy atom. The van der Waals surface area contributed by atoms with Gasteiger partial charge in [-0.2, -0.15) is 0 Å². The molecule has 0 aromatic heterocycles. The van der Waals surface area contributed by atoms with Gasteiger partial charge in [0.25, 0.3) is 6.02 Å². The molecule has 0 amide bonds. The van der Waals surface area contributed by atoms with Crippen LogP contribution in [0.25, 0.3) is 0 Å². The molecule has 0 saturated carbocycles. The summed E-state index contributed by atoms with van der Waals surface area (Å²) in [5.74, 6) is -0.612. The molecule has 3 atom stereocenters. The van der Waals surface area contributed by atoms with Gasteiger partial charge >= 0.3 is 0 Å². The van der Waals surface area contributed by atoms with Crippen LogP contribution in [0.4, 0.5) is 13.2 Å². The fourth-order valence-electron chi connectivity index (χ4n) is 2.08. The van der Waals surface area contributed by atoms with E-state index in [1.807, 2.05) is 0 Å². The number of benzene rings is 1. The Morgan fingerprint density at radius 1 is 1.44 bits per heavy atom. The van der Waals surface area contributed by atoms with Crippen molar-refractivity contribution in [3.63, 3.8) is 0 Å². The van der Waals surface area contributed by atoms with Crippen LogP contribution in [0.1, 0.15) is 12.5 Å². The second-order valence-electron chi connectivity index (χ2n) is 4.29. The fourth-order valence-corrected chi connectivity index (χ4v) is 2.08. The molecule has 98 valence electrons. The Kier molecular flexibility index (Phi) is 3.19. The van der Waals surface area contributed by atoms with Gasteiger partial charge in [-0.3, -0.25) is 0 Å². The maximum absolute atomic E-state index is 14.2. The average molecular weight is 258 g/mol. The number of amidine groups is 1. The molecule has 0 unspecified atom stereocenters. The number of hydrogen-bond donors (Lipinski definition) is 1. The third-order valence-electron chi connectivity index (χ3n) is 3.05.